The summed E-state index contributed by atoms with van der Waals surface area (Å²) in [6.07, 6.45) is 10.1. The van der Waals surface area contributed by atoms with Gasteiger partial charge in [-0.2, -0.15) is 0 Å². The first-order valence-corrected chi connectivity index (χ1v) is 16.3. The fourth-order valence-electron chi connectivity index (χ4n) is 7.95. The number of amides is 3. The van der Waals surface area contributed by atoms with E-state index in [9.17, 15) is 19.5 Å². The minimum atomic E-state index is -1.06. The maximum absolute atomic E-state index is 14.7. The topological polar surface area (TPSA) is 90.4 Å². The molecular formula is C35H51N3O5. The Bertz CT molecular complexity index is 1160. The lowest BCUT2D eigenvalue weighted by Gasteiger charge is -2.39. The molecule has 43 heavy (non-hydrogen) atoms. The van der Waals surface area contributed by atoms with Gasteiger partial charge in [-0.25, -0.2) is 0 Å². The molecule has 1 spiro atoms. The Hall–Kier alpha value is -2.97. The highest BCUT2D eigenvalue weighted by atomic mass is 16.5. The number of hydrogen-bond acceptors (Lipinski definition) is 5. The number of ether oxygens (including phenoxy) is 1. The van der Waals surface area contributed by atoms with Crippen LogP contribution >= 0.6 is 0 Å². The number of carbonyl (C=O) groups is 3. The van der Waals surface area contributed by atoms with E-state index in [4.69, 9.17) is 4.74 Å². The van der Waals surface area contributed by atoms with Crippen LogP contribution in [0.1, 0.15) is 78.6 Å². The molecule has 3 aliphatic rings. The molecule has 3 fully saturated rings. The summed E-state index contributed by atoms with van der Waals surface area (Å²) in [5, 5.41) is 9.23. The summed E-state index contributed by atoms with van der Waals surface area (Å²) in [6, 6.07) is 8.68. The van der Waals surface area contributed by atoms with Crippen LogP contribution in [0.3, 0.4) is 0 Å². The standard InChI is InChI=1S/C35H51N3O5/c1-6-17-26(5)36(22-7-2)33(42)30-35-21-20-34(9-4,43-35)28(29(35)32(41)38(30)24-15-10-11-16-25-39)31(40)37(23-8-3)27-18-13-12-14-19-27/h7-8,12-14,18-19,26,28-30,39H,2-3,6,9-11,15-17,20-25H2,1,4-5H3/t26?,28-,29-,30?,34+,35?/m0/s1. The van der Waals surface area contributed by atoms with Crippen molar-refractivity contribution in [1.82, 2.24) is 9.80 Å². The zero-order valence-corrected chi connectivity index (χ0v) is 26.4. The number of carbonyl (C=O) groups excluding carboxylic acids is 3. The first kappa shape index (κ1) is 32.9. The van der Waals surface area contributed by atoms with E-state index < -0.39 is 29.1 Å². The highest BCUT2D eigenvalue weighted by molar-refractivity contribution is 6.03. The number of para-hydroxylation sites is 1. The number of aliphatic hydroxyl groups is 1. The van der Waals surface area contributed by atoms with Gasteiger partial charge in [-0.15, -0.1) is 13.2 Å². The van der Waals surface area contributed by atoms with Gasteiger partial charge in [-0.3, -0.25) is 14.4 Å². The van der Waals surface area contributed by atoms with Crippen molar-refractivity contribution >= 4 is 23.4 Å². The van der Waals surface area contributed by atoms with Crippen molar-refractivity contribution in [3.8, 4) is 0 Å². The minimum Gasteiger partial charge on any atom is -0.396 e. The second kappa shape index (κ2) is 14.2. The second-order valence-corrected chi connectivity index (χ2v) is 12.5. The quantitative estimate of drug-likeness (QED) is 0.200. The molecule has 2 bridgehead atoms. The smallest absolute Gasteiger partial charge is 0.248 e. The number of aliphatic hydroxyl groups excluding tert-OH is 1. The third kappa shape index (κ3) is 5.93. The maximum Gasteiger partial charge on any atom is 0.248 e. The average molecular weight is 594 g/mol. The summed E-state index contributed by atoms with van der Waals surface area (Å²) >= 11 is 0. The third-order valence-corrected chi connectivity index (χ3v) is 9.98. The van der Waals surface area contributed by atoms with Gasteiger partial charge < -0.3 is 24.5 Å². The van der Waals surface area contributed by atoms with E-state index in [0.29, 0.717) is 51.7 Å². The van der Waals surface area contributed by atoms with Gasteiger partial charge >= 0.3 is 0 Å². The zero-order chi connectivity index (χ0) is 31.2. The first-order valence-electron chi connectivity index (χ1n) is 16.3. The Kier molecular flexibility index (Phi) is 10.9. The molecule has 0 aliphatic carbocycles. The van der Waals surface area contributed by atoms with Gasteiger partial charge in [0, 0.05) is 38.0 Å². The van der Waals surface area contributed by atoms with Crippen molar-refractivity contribution in [2.45, 2.75) is 102 Å². The van der Waals surface area contributed by atoms with Crippen LogP contribution in [0.15, 0.2) is 55.6 Å². The highest BCUT2D eigenvalue weighted by Gasteiger charge is 2.79. The molecule has 6 atom stereocenters. The van der Waals surface area contributed by atoms with E-state index in [2.05, 4.69) is 27.0 Å². The molecular weight excluding hydrogens is 542 g/mol. The maximum atomic E-state index is 14.7. The van der Waals surface area contributed by atoms with E-state index in [1.807, 2.05) is 42.2 Å². The number of likely N-dealkylation sites (tertiary alicyclic amines) is 1. The zero-order valence-electron chi connectivity index (χ0n) is 26.4. The van der Waals surface area contributed by atoms with Gasteiger partial charge in [0.05, 0.1) is 17.4 Å². The number of hydrogen-bond donors (Lipinski definition) is 1. The monoisotopic (exact) mass is 593 g/mol. The fraction of sp³-hybridized carbons (Fsp3) is 0.629. The summed E-state index contributed by atoms with van der Waals surface area (Å²) in [5.41, 5.74) is -1.12. The summed E-state index contributed by atoms with van der Waals surface area (Å²) in [7, 11) is 0. The molecule has 8 heteroatoms. The van der Waals surface area contributed by atoms with Crippen LogP contribution in [0.5, 0.6) is 0 Å². The summed E-state index contributed by atoms with van der Waals surface area (Å²) in [4.78, 5) is 49.2. The molecule has 1 aromatic carbocycles. The van der Waals surface area contributed by atoms with E-state index >= 15 is 0 Å². The van der Waals surface area contributed by atoms with Crippen LogP contribution in [-0.4, -0.2) is 82.2 Å². The summed E-state index contributed by atoms with van der Waals surface area (Å²) < 4.78 is 7.02. The molecule has 3 amide bonds. The lowest BCUT2D eigenvalue weighted by atomic mass is 9.64. The van der Waals surface area contributed by atoms with Crippen molar-refractivity contribution in [2.75, 3.05) is 31.1 Å². The Morgan fingerprint density at radius 1 is 1.07 bits per heavy atom. The van der Waals surface area contributed by atoms with Gasteiger partial charge in [0.15, 0.2) is 0 Å². The Labute approximate surface area is 257 Å². The highest BCUT2D eigenvalue weighted by Crippen LogP contribution is 2.64. The molecule has 1 aromatic rings. The van der Waals surface area contributed by atoms with E-state index in [1.54, 1.807) is 22.0 Å². The molecule has 0 saturated carbocycles. The van der Waals surface area contributed by atoms with Crippen LogP contribution in [0.4, 0.5) is 5.69 Å². The van der Waals surface area contributed by atoms with Crippen LogP contribution in [0, 0.1) is 11.8 Å². The summed E-state index contributed by atoms with van der Waals surface area (Å²) in [5.74, 6) is -1.84. The van der Waals surface area contributed by atoms with Crippen LogP contribution in [0.2, 0.25) is 0 Å². The molecule has 3 saturated heterocycles. The van der Waals surface area contributed by atoms with E-state index in [-0.39, 0.29) is 30.4 Å². The van der Waals surface area contributed by atoms with Crippen LogP contribution in [0.25, 0.3) is 0 Å². The first-order chi connectivity index (χ1) is 20.8. The van der Waals surface area contributed by atoms with Gasteiger partial charge in [0.2, 0.25) is 17.7 Å². The molecule has 3 heterocycles. The van der Waals surface area contributed by atoms with Crippen LogP contribution in [-0.2, 0) is 19.1 Å². The second-order valence-electron chi connectivity index (χ2n) is 12.5. The Morgan fingerprint density at radius 3 is 2.40 bits per heavy atom. The lowest BCUT2D eigenvalue weighted by molar-refractivity contribution is -0.154. The molecule has 0 aromatic heterocycles. The Balaban J connectivity index is 1.77. The predicted octanol–water partition coefficient (Wildman–Crippen LogP) is 5.12. The van der Waals surface area contributed by atoms with Crippen molar-refractivity contribution in [3.05, 3.63) is 55.6 Å². The van der Waals surface area contributed by atoms with E-state index in [0.717, 1.165) is 31.4 Å². The summed E-state index contributed by atoms with van der Waals surface area (Å²) in [6.45, 7) is 15.2. The number of fused-ring (bicyclic) bond motifs is 1. The molecule has 3 unspecified atom stereocenters. The Morgan fingerprint density at radius 2 is 1.77 bits per heavy atom. The number of rotatable bonds is 17. The molecule has 0 radical (unpaired) electrons. The lowest BCUT2D eigenvalue weighted by Crippen LogP contribution is -2.58. The van der Waals surface area contributed by atoms with Crippen molar-refractivity contribution in [2.24, 2.45) is 11.8 Å². The van der Waals surface area contributed by atoms with Gasteiger partial charge in [-0.1, -0.05) is 63.5 Å². The van der Waals surface area contributed by atoms with Crippen molar-refractivity contribution in [1.29, 1.82) is 0 Å². The average Bonchev–Trinajstić information content (AvgIpc) is 3.62. The van der Waals surface area contributed by atoms with E-state index in [1.165, 1.54) is 0 Å². The molecule has 1 N–H and O–H groups in total. The number of anilines is 1. The third-order valence-electron chi connectivity index (χ3n) is 9.98. The fourth-order valence-corrected chi connectivity index (χ4v) is 7.95. The van der Waals surface area contributed by atoms with Crippen LogP contribution < -0.4 is 4.90 Å². The molecule has 3 aliphatic heterocycles. The normalized spacial score (nSPS) is 28.0. The SMILES string of the molecule is C=CCN(C(=O)[C@@H]1[C@H]2C(=O)N(CCCCCCO)C(C(=O)N(CC=C)C(C)CCC)C23CC[C@@]1(CC)O3)c1ccccc1. The van der Waals surface area contributed by atoms with Crippen molar-refractivity contribution in [3.63, 3.8) is 0 Å². The number of unbranched alkanes of at least 4 members (excludes halogenated alkanes) is 3. The van der Waals surface area contributed by atoms with Gasteiger partial charge in [-0.05, 0) is 57.6 Å². The molecule has 236 valence electrons. The van der Waals surface area contributed by atoms with Gasteiger partial charge in [0.25, 0.3) is 0 Å². The number of nitrogens with zero attached hydrogens (tertiary/aromatic N) is 3. The number of benzene rings is 1. The largest absolute Gasteiger partial charge is 0.396 e. The van der Waals surface area contributed by atoms with Gasteiger partial charge in [0.1, 0.15) is 11.6 Å². The molecule has 4 rings (SSSR count). The predicted molar refractivity (Wildman–Crippen MR) is 169 cm³/mol. The minimum absolute atomic E-state index is 0.0233. The molecule has 8 nitrogen and oxygen atoms in total. The van der Waals surface area contributed by atoms with Crippen molar-refractivity contribution < 1.29 is 24.2 Å².